The number of hydrogen-bond acceptors (Lipinski definition) is 6. The molecule has 2 amide bonds. The SMILES string of the molecule is COc1ccc(NC(=O)c2ccccc2NC(=O)CN(C)Cc2ccccc2N2CCOCC2)cc1. The van der Waals surface area contributed by atoms with E-state index >= 15 is 0 Å². The van der Waals surface area contributed by atoms with Crippen LogP contribution in [-0.4, -0.2) is 63.7 Å². The molecule has 1 fully saturated rings. The highest BCUT2D eigenvalue weighted by Gasteiger charge is 2.17. The van der Waals surface area contributed by atoms with Gasteiger partial charge < -0.3 is 25.0 Å². The quantitative estimate of drug-likeness (QED) is 0.476. The van der Waals surface area contributed by atoms with Crippen molar-refractivity contribution in [2.75, 3.05) is 62.5 Å². The second kappa shape index (κ2) is 12.2. The lowest BCUT2D eigenvalue weighted by Crippen LogP contribution is -2.37. The summed E-state index contributed by atoms with van der Waals surface area (Å²) in [7, 11) is 3.50. The molecule has 0 atom stereocenters. The molecule has 0 aliphatic carbocycles. The Kier molecular flexibility index (Phi) is 8.54. The van der Waals surface area contributed by atoms with Gasteiger partial charge in [-0.25, -0.2) is 0 Å². The molecule has 3 aromatic rings. The van der Waals surface area contributed by atoms with Gasteiger partial charge in [-0.1, -0.05) is 30.3 Å². The Morgan fingerprint density at radius 2 is 1.64 bits per heavy atom. The van der Waals surface area contributed by atoms with Crippen molar-refractivity contribution in [2.45, 2.75) is 6.54 Å². The molecular weight excluding hydrogens is 456 g/mol. The first-order valence-electron chi connectivity index (χ1n) is 12.0. The molecule has 2 N–H and O–H groups in total. The van der Waals surface area contributed by atoms with Crippen molar-refractivity contribution in [2.24, 2.45) is 0 Å². The van der Waals surface area contributed by atoms with Gasteiger partial charge in [0.1, 0.15) is 5.75 Å². The summed E-state index contributed by atoms with van der Waals surface area (Å²) in [5.41, 5.74) is 3.83. The number of ether oxygens (including phenoxy) is 2. The first-order valence-corrected chi connectivity index (χ1v) is 12.0. The summed E-state index contributed by atoms with van der Waals surface area (Å²) in [6.45, 7) is 3.97. The second-order valence-corrected chi connectivity index (χ2v) is 8.68. The summed E-state index contributed by atoms with van der Waals surface area (Å²) in [5, 5.41) is 5.77. The van der Waals surface area contributed by atoms with Crippen LogP contribution in [-0.2, 0) is 16.1 Å². The number of carbonyl (C=O) groups is 2. The average molecular weight is 489 g/mol. The molecule has 4 rings (SSSR count). The van der Waals surface area contributed by atoms with Gasteiger partial charge >= 0.3 is 0 Å². The number of carbonyl (C=O) groups excluding carboxylic acids is 2. The van der Waals surface area contributed by atoms with E-state index in [4.69, 9.17) is 9.47 Å². The van der Waals surface area contributed by atoms with E-state index < -0.39 is 0 Å². The highest BCUT2D eigenvalue weighted by molar-refractivity contribution is 6.10. The molecule has 0 spiro atoms. The highest BCUT2D eigenvalue weighted by atomic mass is 16.5. The number of anilines is 3. The number of nitrogens with one attached hydrogen (secondary N) is 2. The Bertz CT molecular complexity index is 1180. The third-order valence-electron chi connectivity index (χ3n) is 5.99. The third-order valence-corrected chi connectivity index (χ3v) is 5.99. The van der Waals surface area contributed by atoms with Gasteiger partial charge in [-0.3, -0.25) is 14.5 Å². The number of nitrogens with zero attached hydrogens (tertiary/aromatic N) is 2. The molecule has 8 heteroatoms. The number of para-hydroxylation sites is 2. The maximum absolute atomic E-state index is 12.9. The Hall–Kier alpha value is -3.88. The van der Waals surface area contributed by atoms with E-state index in [1.54, 1.807) is 55.6 Å². The molecule has 36 heavy (non-hydrogen) atoms. The molecule has 1 saturated heterocycles. The van der Waals surface area contributed by atoms with Crippen molar-refractivity contribution in [3.05, 3.63) is 83.9 Å². The van der Waals surface area contributed by atoms with Crippen LogP contribution in [0.15, 0.2) is 72.8 Å². The summed E-state index contributed by atoms with van der Waals surface area (Å²) in [5.74, 6) is 0.215. The average Bonchev–Trinajstić information content (AvgIpc) is 2.90. The van der Waals surface area contributed by atoms with E-state index in [1.165, 1.54) is 5.69 Å². The molecule has 0 unspecified atom stereocenters. The van der Waals surface area contributed by atoms with Crippen molar-refractivity contribution in [1.82, 2.24) is 4.90 Å². The van der Waals surface area contributed by atoms with Gasteiger partial charge in [-0.15, -0.1) is 0 Å². The lowest BCUT2D eigenvalue weighted by molar-refractivity contribution is -0.117. The maximum Gasteiger partial charge on any atom is 0.257 e. The van der Waals surface area contributed by atoms with Gasteiger partial charge in [0.05, 0.1) is 38.1 Å². The molecule has 1 heterocycles. The molecule has 1 aliphatic rings. The van der Waals surface area contributed by atoms with E-state index in [2.05, 4.69) is 27.7 Å². The van der Waals surface area contributed by atoms with Crippen LogP contribution in [0.2, 0.25) is 0 Å². The van der Waals surface area contributed by atoms with E-state index in [1.807, 2.05) is 24.1 Å². The number of rotatable bonds is 9. The smallest absolute Gasteiger partial charge is 0.257 e. The normalized spacial score (nSPS) is 13.4. The summed E-state index contributed by atoms with van der Waals surface area (Å²) in [4.78, 5) is 30.1. The molecule has 0 radical (unpaired) electrons. The zero-order valence-electron chi connectivity index (χ0n) is 20.7. The summed E-state index contributed by atoms with van der Waals surface area (Å²) in [6.07, 6.45) is 0. The summed E-state index contributed by atoms with van der Waals surface area (Å²) in [6, 6.07) is 22.3. The van der Waals surface area contributed by atoms with E-state index in [0.717, 1.165) is 31.9 Å². The Balaban J connectivity index is 1.37. The predicted molar refractivity (Wildman–Crippen MR) is 142 cm³/mol. The lowest BCUT2D eigenvalue weighted by atomic mass is 10.1. The van der Waals surface area contributed by atoms with Gasteiger partial charge in [0, 0.05) is 31.0 Å². The Labute approximate surface area is 211 Å². The van der Waals surface area contributed by atoms with Gasteiger partial charge in [0.25, 0.3) is 5.91 Å². The standard InChI is InChI=1S/C28H32N4O4/c1-31(19-21-7-3-6-10-26(21)32-15-17-36-18-16-32)20-27(33)30-25-9-5-4-8-24(25)28(34)29-22-11-13-23(35-2)14-12-22/h3-14H,15-20H2,1-2H3,(H,29,34)(H,30,33). The van der Waals surface area contributed by atoms with Crippen molar-refractivity contribution in [3.8, 4) is 5.75 Å². The Morgan fingerprint density at radius 3 is 2.39 bits per heavy atom. The fraction of sp³-hybridized carbons (Fsp3) is 0.286. The van der Waals surface area contributed by atoms with Crippen LogP contribution >= 0.6 is 0 Å². The number of hydrogen-bond donors (Lipinski definition) is 2. The topological polar surface area (TPSA) is 83.1 Å². The van der Waals surface area contributed by atoms with Crippen LogP contribution < -0.4 is 20.3 Å². The first-order chi connectivity index (χ1) is 17.5. The zero-order valence-corrected chi connectivity index (χ0v) is 20.7. The van der Waals surface area contributed by atoms with Gasteiger partial charge in [0.2, 0.25) is 5.91 Å². The molecule has 1 aliphatic heterocycles. The minimum Gasteiger partial charge on any atom is -0.497 e. The minimum atomic E-state index is -0.302. The van der Waals surface area contributed by atoms with E-state index in [0.29, 0.717) is 29.2 Å². The summed E-state index contributed by atoms with van der Waals surface area (Å²) >= 11 is 0. The van der Waals surface area contributed by atoms with E-state index in [9.17, 15) is 9.59 Å². The monoisotopic (exact) mass is 488 g/mol. The zero-order chi connectivity index (χ0) is 25.3. The summed E-state index contributed by atoms with van der Waals surface area (Å²) < 4.78 is 10.6. The van der Waals surface area contributed by atoms with Crippen LogP contribution in [0.3, 0.4) is 0 Å². The number of methoxy groups -OCH3 is 1. The second-order valence-electron chi connectivity index (χ2n) is 8.68. The van der Waals surface area contributed by atoms with Gasteiger partial charge in [0.15, 0.2) is 0 Å². The van der Waals surface area contributed by atoms with Crippen LogP contribution in [0.5, 0.6) is 5.75 Å². The number of morpholine rings is 1. The molecule has 8 nitrogen and oxygen atoms in total. The van der Waals surface area contributed by atoms with Crippen LogP contribution in [0.1, 0.15) is 15.9 Å². The molecule has 188 valence electrons. The fourth-order valence-electron chi connectivity index (χ4n) is 4.20. The largest absolute Gasteiger partial charge is 0.497 e. The van der Waals surface area contributed by atoms with Crippen molar-refractivity contribution < 1.29 is 19.1 Å². The molecule has 3 aromatic carbocycles. The van der Waals surface area contributed by atoms with Crippen LogP contribution in [0.25, 0.3) is 0 Å². The molecular formula is C28H32N4O4. The highest BCUT2D eigenvalue weighted by Crippen LogP contribution is 2.23. The van der Waals surface area contributed by atoms with Crippen molar-refractivity contribution in [1.29, 1.82) is 0 Å². The van der Waals surface area contributed by atoms with E-state index in [-0.39, 0.29) is 18.4 Å². The minimum absolute atomic E-state index is 0.186. The first kappa shape index (κ1) is 25.2. The van der Waals surface area contributed by atoms with Gasteiger partial charge in [-0.05, 0) is 55.1 Å². The third kappa shape index (κ3) is 6.62. The Morgan fingerprint density at radius 1 is 0.944 bits per heavy atom. The molecule has 0 saturated carbocycles. The molecule has 0 aromatic heterocycles. The maximum atomic E-state index is 12.9. The van der Waals surface area contributed by atoms with Gasteiger partial charge in [-0.2, -0.15) is 0 Å². The lowest BCUT2D eigenvalue weighted by Gasteiger charge is -2.31. The number of amides is 2. The predicted octanol–water partition coefficient (Wildman–Crippen LogP) is 3.85. The van der Waals surface area contributed by atoms with Crippen molar-refractivity contribution in [3.63, 3.8) is 0 Å². The number of likely N-dealkylation sites (N-methyl/N-ethyl adjacent to an activating group) is 1. The number of benzene rings is 3. The van der Waals surface area contributed by atoms with Crippen LogP contribution in [0, 0.1) is 0 Å². The fourth-order valence-corrected chi connectivity index (χ4v) is 4.20. The van der Waals surface area contributed by atoms with Crippen LogP contribution in [0.4, 0.5) is 17.1 Å². The van der Waals surface area contributed by atoms with Crippen molar-refractivity contribution >= 4 is 28.9 Å². The molecule has 0 bridgehead atoms.